The number of carbonyl (C=O) groups excluding carboxylic acids is 1. The predicted octanol–water partition coefficient (Wildman–Crippen LogP) is 2.58. The topological polar surface area (TPSA) is 64.3 Å². The van der Waals surface area contributed by atoms with Gasteiger partial charge in [-0.3, -0.25) is 4.79 Å². The highest BCUT2D eigenvalue weighted by Crippen LogP contribution is 2.52. The van der Waals surface area contributed by atoms with Gasteiger partial charge in [0, 0.05) is 28.5 Å². The van der Waals surface area contributed by atoms with Gasteiger partial charge in [0.25, 0.3) is 5.91 Å². The van der Waals surface area contributed by atoms with Crippen LogP contribution in [0, 0.1) is 10.8 Å². The van der Waals surface area contributed by atoms with Gasteiger partial charge in [-0.15, -0.1) is 0 Å². The maximum absolute atomic E-state index is 12.4. The number of rotatable bonds is 4. The van der Waals surface area contributed by atoms with Gasteiger partial charge in [0.15, 0.2) is 0 Å². The number of nitrogens with two attached hydrogens (primary N) is 1. The van der Waals surface area contributed by atoms with Crippen LogP contribution in [0.2, 0.25) is 0 Å². The van der Waals surface area contributed by atoms with E-state index in [4.69, 9.17) is 10.5 Å². The highest BCUT2D eigenvalue weighted by atomic mass is 16.5. The molecule has 1 aliphatic rings. The van der Waals surface area contributed by atoms with Gasteiger partial charge in [-0.1, -0.05) is 27.7 Å². The standard InChI is InChI=1S/C17H26N2O2/c1-6-21-12-9-7-11(8-10-12)13(20)19-15-16(2,3)14(18)17(15,4)5/h7-10,14-15H,6,18H2,1-5H3,(H,19,20). The fraction of sp³-hybridized carbons (Fsp3) is 0.588. The van der Waals surface area contributed by atoms with Crippen LogP contribution < -0.4 is 15.8 Å². The number of carbonyl (C=O) groups is 1. The molecule has 1 aliphatic carbocycles. The van der Waals surface area contributed by atoms with Crippen molar-refractivity contribution in [2.45, 2.75) is 46.7 Å². The Labute approximate surface area is 127 Å². The molecule has 1 amide bonds. The molecule has 4 heteroatoms. The fourth-order valence-corrected chi connectivity index (χ4v) is 3.64. The molecule has 0 spiro atoms. The lowest BCUT2D eigenvalue weighted by Gasteiger charge is -2.62. The Balaban J connectivity index is 2.08. The summed E-state index contributed by atoms with van der Waals surface area (Å²) >= 11 is 0. The summed E-state index contributed by atoms with van der Waals surface area (Å²) in [6, 6.07) is 7.37. The first-order valence-electron chi connectivity index (χ1n) is 7.50. The second-order valence-electron chi connectivity index (χ2n) is 6.98. The molecule has 21 heavy (non-hydrogen) atoms. The van der Waals surface area contributed by atoms with Crippen LogP contribution in [0.5, 0.6) is 5.75 Å². The molecule has 1 aromatic rings. The second-order valence-corrected chi connectivity index (χ2v) is 6.98. The summed E-state index contributed by atoms with van der Waals surface area (Å²) in [6.45, 7) is 11.0. The number of amides is 1. The molecule has 0 aromatic heterocycles. The van der Waals surface area contributed by atoms with E-state index >= 15 is 0 Å². The van der Waals surface area contributed by atoms with Crippen LogP contribution in [0.4, 0.5) is 0 Å². The Morgan fingerprint density at radius 2 is 1.71 bits per heavy atom. The molecule has 0 radical (unpaired) electrons. The van der Waals surface area contributed by atoms with Gasteiger partial charge < -0.3 is 15.8 Å². The van der Waals surface area contributed by atoms with E-state index in [9.17, 15) is 4.79 Å². The molecule has 4 nitrogen and oxygen atoms in total. The van der Waals surface area contributed by atoms with Crippen LogP contribution in [0.1, 0.15) is 45.0 Å². The van der Waals surface area contributed by atoms with Gasteiger partial charge in [0.1, 0.15) is 5.75 Å². The van der Waals surface area contributed by atoms with Crippen molar-refractivity contribution in [1.82, 2.24) is 5.32 Å². The monoisotopic (exact) mass is 290 g/mol. The van der Waals surface area contributed by atoms with E-state index in [1.54, 1.807) is 12.1 Å². The maximum atomic E-state index is 12.4. The van der Waals surface area contributed by atoms with Crippen molar-refractivity contribution in [3.8, 4) is 5.75 Å². The summed E-state index contributed by atoms with van der Waals surface area (Å²) < 4.78 is 5.39. The molecule has 3 N–H and O–H groups in total. The molecule has 116 valence electrons. The summed E-state index contributed by atoms with van der Waals surface area (Å²) in [4.78, 5) is 12.4. The molecular formula is C17H26N2O2. The van der Waals surface area contributed by atoms with Gasteiger partial charge in [0.2, 0.25) is 0 Å². The largest absolute Gasteiger partial charge is 0.494 e. The van der Waals surface area contributed by atoms with Crippen LogP contribution >= 0.6 is 0 Å². The van der Waals surface area contributed by atoms with Crippen molar-refractivity contribution in [2.75, 3.05) is 6.61 Å². The van der Waals surface area contributed by atoms with Crippen LogP contribution in [0.15, 0.2) is 24.3 Å². The Morgan fingerprint density at radius 3 is 2.19 bits per heavy atom. The van der Waals surface area contributed by atoms with Crippen molar-refractivity contribution in [1.29, 1.82) is 0 Å². The third-order valence-corrected chi connectivity index (χ3v) is 4.79. The summed E-state index contributed by atoms with van der Waals surface area (Å²) in [7, 11) is 0. The first kappa shape index (κ1) is 15.8. The molecule has 2 rings (SSSR count). The van der Waals surface area contributed by atoms with E-state index in [0.717, 1.165) is 5.75 Å². The van der Waals surface area contributed by atoms with E-state index in [2.05, 4.69) is 33.0 Å². The fourth-order valence-electron chi connectivity index (χ4n) is 3.64. The smallest absolute Gasteiger partial charge is 0.251 e. The molecule has 0 bridgehead atoms. The lowest BCUT2D eigenvalue weighted by Crippen LogP contribution is -2.76. The van der Waals surface area contributed by atoms with Gasteiger partial charge in [-0.25, -0.2) is 0 Å². The quantitative estimate of drug-likeness (QED) is 0.896. The van der Waals surface area contributed by atoms with Crippen molar-refractivity contribution < 1.29 is 9.53 Å². The molecule has 1 fully saturated rings. The number of ether oxygens (including phenoxy) is 1. The average molecular weight is 290 g/mol. The second kappa shape index (κ2) is 5.34. The van der Waals surface area contributed by atoms with Crippen LogP contribution in [0.25, 0.3) is 0 Å². The number of hydrogen-bond acceptors (Lipinski definition) is 3. The minimum atomic E-state index is -0.0928. The van der Waals surface area contributed by atoms with Crippen molar-refractivity contribution in [3.05, 3.63) is 29.8 Å². The van der Waals surface area contributed by atoms with E-state index in [1.807, 2.05) is 19.1 Å². The first-order valence-corrected chi connectivity index (χ1v) is 7.50. The predicted molar refractivity (Wildman–Crippen MR) is 84.4 cm³/mol. The molecule has 0 aliphatic heterocycles. The maximum Gasteiger partial charge on any atom is 0.251 e. The Hall–Kier alpha value is -1.55. The summed E-state index contributed by atoms with van der Waals surface area (Å²) in [5.41, 5.74) is 6.68. The normalized spacial score (nSPS) is 25.8. The van der Waals surface area contributed by atoms with E-state index in [1.165, 1.54) is 0 Å². The van der Waals surface area contributed by atoms with Crippen LogP contribution in [0.3, 0.4) is 0 Å². The van der Waals surface area contributed by atoms with Crippen molar-refractivity contribution in [3.63, 3.8) is 0 Å². The highest BCUT2D eigenvalue weighted by molar-refractivity contribution is 5.94. The Kier molecular flexibility index (Phi) is 4.02. The molecular weight excluding hydrogens is 264 g/mol. The molecule has 0 unspecified atom stereocenters. The molecule has 0 atom stereocenters. The van der Waals surface area contributed by atoms with E-state index < -0.39 is 0 Å². The van der Waals surface area contributed by atoms with Crippen molar-refractivity contribution in [2.24, 2.45) is 16.6 Å². The molecule has 1 saturated carbocycles. The lowest BCUT2D eigenvalue weighted by molar-refractivity contribution is -0.0663. The Morgan fingerprint density at radius 1 is 1.19 bits per heavy atom. The zero-order valence-electron chi connectivity index (χ0n) is 13.6. The van der Waals surface area contributed by atoms with Gasteiger partial charge in [-0.2, -0.15) is 0 Å². The third kappa shape index (κ3) is 2.64. The first-order chi connectivity index (χ1) is 9.71. The third-order valence-electron chi connectivity index (χ3n) is 4.79. The molecule has 0 heterocycles. The van der Waals surface area contributed by atoms with Gasteiger partial charge in [0.05, 0.1) is 6.61 Å². The van der Waals surface area contributed by atoms with Crippen molar-refractivity contribution >= 4 is 5.91 Å². The number of nitrogens with one attached hydrogen (secondary N) is 1. The number of hydrogen-bond donors (Lipinski definition) is 2. The molecule has 0 saturated heterocycles. The summed E-state index contributed by atoms with van der Waals surface area (Å²) in [5, 5.41) is 3.14. The van der Waals surface area contributed by atoms with E-state index in [-0.39, 0.29) is 28.8 Å². The van der Waals surface area contributed by atoms with E-state index in [0.29, 0.717) is 12.2 Å². The SMILES string of the molecule is CCOc1ccc(C(=O)NC2C(C)(C)C(N)C2(C)C)cc1. The lowest BCUT2D eigenvalue weighted by atomic mass is 9.48. The number of benzene rings is 1. The van der Waals surface area contributed by atoms with Crippen LogP contribution in [-0.2, 0) is 0 Å². The highest BCUT2D eigenvalue weighted by Gasteiger charge is 2.60. The summed E-state index contributed by atoms with van der Waals surface area (Å²) in [5.74, 6) is 0.719. The average Bonchev–Trinajstić information content (AvgIpc) is 2.44. The Bertz CT molecular complexity index is 504. The minimum Gasteiger partial charge on any atom is -0.494 e. The zero-order valence-corrected chi connectivity index (χ0v) is 13.6. The molecule has 1 aromatic carbocycles. The summed E-state index contributed by atoms with van der Waals surface area (Å²) in [6.07, 6.45) is 0. The van der Waals surface area contributed by atoms with Gasteiger partial charge in [-0.05, 0) is 31.2 Å². The zero-order chi connectivity index (χ0) is 15.8. The van der Waals surface area contributed by atoms with Crippen LogP contribution in [-0.4, -0.2) is 24.6 Å². The van der Waals surface area contributed by atoms with Gasteiger partial charge >= 0.3 is 0 Å². The minimum absolute atomic E-state index is 0.0592.